The number of hydrogen-bond acceptors (Lipinski definition) is 5. The second-order valence-corrected chi connectivity index (χ2v) is 7.19. The first-order valence-electron chi connectivity index (χ1n) is 8.36. The Morgan fingerprint density at radius 1 is 1.38 bits per heavy atom. The molecule has 24 heavy (non-hydrogen) atoms. The molecule has 0 unspecified atom stereocenters. The number of likely N-dealkylation sites (tertiary alicyclic amines) is 1. The smallest absolute Gasteiger partial charge is 0.226 e. The summed E-state index contributed by atoms with van der Waals surface area (Å²) in [6, 6.07) is 8.31. The average molecular weight is 344 g/mol. The van der Waals surface area contributed by atoms with Gasteiger partial charge < -0.3 is 16.0 Å². The van der Waals surface area contributed by atoms with Crippen molar-refractivity contribution >= 4 is 17.2 Å². The van der Waals surface area contributed by atoms with Crippen LogP contribution < -0.4 is 11.1 Å². The summed E-state index contributed by atoms with van der Waals surface area (Å²) in [5.41, 5.74) is 8.76. The first-order valence-corrected chi connectivity index (χ1v) is 9.24. The number of rotatable bonds is 5. The Morgan fingerprint density at radius 2 is 2.12 bits per heavy atom. The fourth-order valence-corrected chi connectivity index (χ4v) is 3.89. The van der Waals surface area contributed by atoms with Crippen LogP contribution in [0, 0.1) is 0 Å². The largest absolute Gasteiger partial charge is 0.353 e. The van der Waals surface area contributed by atoms with Gasteiger partial charge in [0.05, 0.1) is 12.1 Å². The van der Waals surface area contributed by atoms with Gasteiger partial charge in [-0.25, -0.2) is 4.98 Å². The third-order valence-electron chi connectivity index (χ3n) is 4.44. The summed E-state index contributed by atoms with van der Waals surface area (Å²) < 4.78 is 0. The highest BCUT2D eigenvalue weighted by Crippen LogP contribution is 2.27. The van der Waals surface area contributed by atoms with Crippen molar-refractivity contribution in [1.29, 1.82) is 0 Å². The molecule has 0 saturated carbocycles. The van der Waals surface area contributed by atoms with Crippen LogP contribution in [0.5, 0.6) is 0 Å². The van der Waals surface area contributed by atoms with Gasteiger partial charge >= 0.3 is 0 Å². The molecular weight excluding hydrogens is 320 g/mol. The lowest BCUT2D eigenvalue weighted by Gasteiger charge is -2.29. The van der Waals surface area contributed by atoms with E-state index in [0.29, 0.717) is 19.0 Å². The molecule has 0 spiro atoms. The molecule has 0 radical (unpaired) electrons. The van der Waals surface area contributed by atoms with Gasteiger partial charge in [0.1, 0.15) is 5.01 Å². The van der Waals surface area contributed by atoms with Crippen molar-refractivity contribution in [3.05, 3.63) is 40.9 Å². The van der Waals surface area contributed by atoms with Crippen molar-refractivity contribution in [3.63, 3.8) is 0 Å². The van der Waals surface area contributed by atoms with Gasteiger partial charge in [-0.05, 0) is 38.5 Å². The fourth-order valence-electron chi connectivity index (χ4n) is 3.01. The van der Waals surface area contributed by atoms with Crippen molar-refractivity contribution in [1.82, 2.24) is 15.2 Å². The fraction of sp³-hybridized carbons (Fsp3) is 0.444. The summed E-state index contributed by atoms with van der Waals surface area (Å²) in [6.07, 6.45) is 2.39. The predicted molar refractivity (Wildman–Crippen MR) is 97.8 cm³/mol. The van der Waals surface area contributed by atoms with E-state index in [4.69, 9.17) is 5.73 Å². The van der Waals surface area contributed by atoms with Crippen LogP contribution in [0.4, 0.5) is 0 Å². The Hall–Kier alpha value is -1.76. The number of nitrogens with two attached hydrogens (primary N) is 1. The van der Waals surface area contributed by atoms with Crippen molar-refractivity contribution in [2.45, 2.75) is 31.8 Å². The lowest BCUT2D eigenvalue weighted by Crippen LogP contribution is -2.43. The summed E-state index contributed by atoms with van der Waals surface area (Å²) in [5.74, 6) is 0.0634. The molecule has 3 N–H and O–H groups in total. The molecule has 0 aliphatic carbocycles. The van der Waals surface area contributed by atoms with E-state index in [9.17, 15) is 4.79 Å². The number of benzene rings is 1. The van der Waals surface area contributed by atoms with Gasteiger partial charge in [0, 0.05) is 23.5 Å². The van der Waals surface area contributed by atoms with Gasteiger partial charge in [0.15, 0.2) is 0 Å². The second-order valence-electron chi connectivity index (χ2n) is 6.33. The molecule has 1 aromatic carbocycles. The van der Waals surface area contributed by atoms with Crippen LogP contribution in [0.25, 0.3) is 10.6 Å². The number of piperidine rings is 1. The van der Waals surface area contributed by atoms with Gasteiger partial charge in [0.2, 0.25) is 5.91 Å². The highest BCUT2D eigenvalue weighted by molar-refractivity contribution is 7.13. The molecule has 2 aromatic rings. The maximum Gasteiger partial charge on any atom is 0.226 e. The maximum absolute atomic E-state index is 12.3. The summed E-state index contributed by atoms with van der Waals surface area (Å²) >= 11 is 1.57. The van der Waals surface area contributed by atoms with E-state index in [0.717, 1.165) is 47.8 Å². The zero-order chi connectivity index (χ0) is 16.9. The Bertz CT molecular complexity index is 692. The van der Waals surface area contributed by atoms with E-state index < -0.39 is 0 Å². The van der Waals surface area contributed by atoms with Gasteiger partial charge in [0.25, 0.3) is 0 Å². The van der Waals surface area contributed by atoms with Crippen molar-refractivity contribution in [3.8, 4) is 10.6 Å². The summed E-state index contributed by atoms with van der Waals surface area (Å²) in [6.45, 7) is 2.57. The molecule has 1 saturated heterocycles. The predicted octanol–water partition coefficient (Wildman–Crippen LogP) is 2.02. The van der Waals surface area contributed by atoms with Crippen LogP contribution in [0.2, 0.25) is 0 Å². The molecule has 1 amide bonds. The van der Waals surface area contributed by atoms with Crippen LogP contribution in [-0.4, -0.2) is 42.0 Å². The number of nitrogens with one attached hydrogen (secondary N) is 1. The van der Waals surface area contributed by atoms with Crippen LogP contribution in [0.1, 0.15) is 24.1 Å². The molecule has 1 aromatic heterocycles. The van der Waals surface area contributed by atoms with Crippen molar-refractivity contribution in [2.75, 3.05) is 20.1 Å². The first-order chi connectivity index (χ1) is 11.7. The lowest BCUT2D eigenvalue weighted by molar-refractivity contribution is -0.121. The zero-order valence-electron chi connectivity index (χ0n) is 14.0. The van der Waals surface area contributed by atoms with E-state index in [1.54, 1.807) is 11.3 Å². The lowest BCUT2D eigenvalue weighted by atomic mass is 10.1. The van der Waals surface area contributed by atoms with Crippen LogP contribution >= 0.6 is 11.3 Å². The molecule has 1 fully saturated rings. The van der Waals surface area contributed by atoms with Gasteiger partial charge in [-0.1, -0.05) is 24.3 Å². The summed E-state index contributed by atoms with van der Waals surface area (Å²) in [7, 11) is 2.12. The second kappa shape index (κ2) is 7.88. The monoisotopic (exact) mass is 344 g/mol. The minimum Gasteiger partial charge on any atom is -0.353 e. The number of carbonyl (C=O) groups is 1. The third-order valence-corrected chi connectivity index (χ3v) is 5.37. The number of amides is 1. The Balaban J connectivity index is 1.60. The molecular formula is C18H24N4OS. The minimum atomic E-state index is 0.0634. The molecule has 0 bridgehead atoms. The first kappa shape index (κ1) is 17.1. The highest BCUT2D eigenvalue weighted by Gasteiger charge is 2.19. The van der Waals surface area contributed by atoms with Gasteiger partial charge in [-0.3, -0.25) is 4.79 Å². The number of carbonyl (C=O) groups excluding carboxylic acids is 1. The van der Waals surface area contributed by atoms with Crippen molar-refractivity contribution < 1.29 is 4.79 Å². The summed E-state index contributed by atoms with van der Waals surface area (Å²) in [5, 5.41) is 6.04. The number of aromatic nitrogens is 1. The SMILES string of the molecule is CN1CCC(NC(=O)Cc2csc(-c3ccccc3CN)n2)CC1. The van der Waals surface area contributed by atoms with E-state index in [1.807, 2.05) is 29.6 Å². The average Bonchev–Trinajstić information content (AvgIpc) is 3.05. The molecule has 0 atom stereocenters. The quantitative estimate of drug-likeness (QED) is 0.870. The van der Waals surface area contributed by atoms with E-state index >= 15 is 0 Å². The molecule has 1 aliphatic heterocycles. The normalized spacial score (nSPS) is 16.2. The highest BCUT2D eigenvalue weighted by atomic mass is 32.1. The number of hydrogen-bond donors (Lipinski definition) is 2. The Morgan fingerprint density at radius 3 is 2.88 bits per heavy atom. The topological polar surface area (TPSA) is 71.2 Å². The standard InChI is InChI=1S/C18H24N4OS/c1-22-8-6-14(7-9-22)20-17(23)10-15-12-24-18(21-15)16-5-3-2-4-13(16)11-19/h2-5,12,14H,6-11,19H2,1H3,(H,20,23). The molecule has 2 heterocycles. The molecule has 128 valence electrons. The van der Waals surface area contributed by atoms with E-state index in [1.165, 1.54) is 0 Å². The molecule has 3 rings (SSSR count). The van der Waals surface area contributed by atoms with Crippen LogP contribution in [0.15, 0.2) is 29.6 Å². The van der Waals surface area contributed by atoms with Crippen LogP contribution in [-0.2, 0) is 17.8 Å². The third kappa shape index (κ3) is 4.20. The summed E-state index contributed by atoms with van der Waals surface area (Å²) in [4.78, 5) is 19.2. The van der Waals surface area contributed by atoms with Gasteiger partial charge in [-0.15, -0.1) is 11.3 Å². The molecule has 6 heteroatoms. The number of nitrogens with zero attached hydrogens (tertiary/aromatic N) is 2. The minimum absolute atomic E-state index is 0.0634. The maximum atomic E-state index is 12.3. The van der Waals surface area contributed by atoms with Crippen molar-refractivity contribution in [2.24, 2.45) is 5.73 Å². The van der Waals surface area contributed by atoms with Gasteiger partial charge in [-0.2, -0.15) is 0 Å². The Kier molecular flexibility index (Phi) is 5.60. The van der Waals surface area contributed by atoms with E-state index in [-0.39, 0.29) is 5.91 Å². The van der Waals surface area contributed by atoms with E-state index in [2.05, 4.69) is 22.2 Å². The zero-order valence-corrected chi connectivity index (χ0v) is 14.8. The Labute approximate surface area is 146 Å². The molecule has 1 aliphatic rings. The number of thiazole rings is 1. The molecule has 5 nitrogen and oxygen atoms in total. The van der Waals surface area contributed by atoms with Crippen LogP contribution in [0.3, 0.4) is 0 Å².